The Bertz CT molecular complexity index is 439. The Balaban J connectivity index is 2.05. The van der Waals surface area contributed by atoms with Crippen LogP contribution in [0.1, 0.15) is 31.2 Å². The number of halogens is 3. The number of benzene rings is 1. The van der Waals surface area contributed by atoms with Crippen LogP contribution in [0.4, 0.5) is 8.78 Å². The van der Waals surface area contributed by atoms with E-state index in [0.717, 1.165) is 25.7 Å². The van der Waals surface area contributed by atoms with Crippen molar-refractivity contribution in [2.75, 3.05) is 0 Å². The van der Waals surface area contributed by atoms with Crippen LogP contribution in [0.2, 0.25) is 0 Å². The summed E-state index contributed by atoms with van der Waals surface area (Å²) in [6.07, 6.45) is 3.83. The fourth-order valence-corrected chi connectivity index (χ4v) is 3.79. The molecule has 0 amide bonds. The minimum absolute atomic E-state index is 0.0430. The summed E-state index contributed by atoms with van der Waals surface area (Å²) in [5.41, 5.74) is -1.39. The van der Waals surface area contributed by atoms with Gasteiger partial charge in [0, 0.05) is 4.47 Å². The fourth-order valence-electron chi connectivity index (χ4n) is 3.39. The molecule has 0 saturated heterocycles. The zero-order valence-corrected chi connectivity index (χ0v) is 10.8. The van der Waals surface area contributed by atoms with Crippen molar-refractivity contribution >= 4 is 15.9 Å². The van der Waals surface area contributed by atoms with Gasteiger partial charge < -0.3 is 5.11 Å². The molecular formula is C13H13BrF2O. The lowest BCUT2D eigenvalue weighted by molar-refractivity contribution is 0.109. The maximum absolute atomic E-state index is 13.9. The molecule has 1 aromatic rings. The molecule has 2 atom stereocenters. The van der Waals surface area contributed by atoms with E-state index in [1.165, 1.54) is 12.1 Å². The van der Waals surface area contributed by atoms with Crippen molar-refractivity contribution < 1.29 is 13.9 Å². The van der Waals surface area contributed by atoms with E-state index in [9.17, 15) is 13.9 Å². The smallest absolute Gasteiger partial charge is 0.133 e. The van der Waals surface area contributed by atoms with Gasteiger partial charge in [0.05, 0.1) is 5.56 Å². The number of hydrogen-bond donors (Lipinski definition) is 1. The van der Waals surface area contributed by atoms with E-state index in [-0.39, 0.29) is 17.4 Å². The second kappa shape index (κ2) is 3.75. The molecule has 1 aromatic carbocycles. The second-order valence-corrected chi connectivity index (χ2v) is 5.98. The molecule has 0 spiro atoms. The number of aliphatic hydroxyl groups is 1. The molecular weight excluding hydrogens is 290 g/mol. The van der Waals surface area contributed by atoms with Crippen molar-refractivity contribution in [2.45, 2.75) is 31.3 Å². The molecule has 3 rings (SSSR count). The molecule has 1 nitrogen and oxygen atoms in total. The van der Waals surface area contributed by atoms with Gasteiger partial charge in [-0.1, -0.05) is 28.8 Å². The molecule has 2 saturated carbocycles. The average Bonchev–Trinajstić information content (AvgIpc) is 2.84. The van der Waals surface area contributed by atoms with Crippen molar-refractivity contribution in [2.24, 2.45) is 11.8 Å². The zero-order chi connectivity index (χ0) is 12.2. The van der Waals surface area contributed by atoms with Gasteiger partial charge in [0.25, 0.3) is 0 Å². The standard InChI is InChI=1S/C13H13BrF2O/c14-7-5-10(15)12(11(16)6-7)13(17)8-3-1-2-4-9(8)13/h5-6,8-9,17H,1-4H2. The van der Waals surface area contributed by atoms with Crippen molar-refractivity contribution in [1.82, 2.24) is 0 Å². The van der Waals surface area contributed by atoms with Crippen LogP contribution in [0, 0.1) is 23.5 Å². The highest BCUT2D eigenvalue weighted by Crippen LogP contribution is 2.65. The predicted molar refractivity (Wildman–Crippen MR) is 63.4 cm³/mol. The first-order valence-electron chi connectivity index (χ1n) is 5.92. The summed E-state index contributed by atoms with van der Waals surface area (Å²) >= 11 is 3.05. The van der Waals surface area contributed by atoms with Gasteiger partial charge in [-0.2, -0.15) is 0 Å². The third-order valence-electron chi connectivity index (χ3n) is 4.19. The van der Waals surface area contributed by atoms with E-state index >= 15 is 0 Å². The van der Waals surface area contributed by atoms with Crippen molar-refractivity contribution in [3.8, 4) is 0 Å². The summed E-state index contributed by atoms with van der Waals surface area (Å²) in [6.45, 7) is 0. The summed E-state index contributed by atoms with van der Waals surface area (Å²) in [5, 5.41) is 10.5. The topological polar surface area (TPSA) is 20.2 Å². The first-order chi connectivity index (χ1) is 8.05. The molecule has 2 unspecified atom stereocenters. The van der Waals surface area contributed by atoms with Gasteiger partial charge in [0.1, 0.15) is 17.2 Å². The quantitative estimate of drug-likeness (QED) is 0.838. The molecule has 1 N–H and O–H groups in total. The van der Waals surface area contributed by atoms with E-state index in [1.807, 2.05) is 0 Å². The van der Waals surface area contributed by atoms with Gasteiger partial charge in [-0.15, -0.1) is 0 Å². The van der Waals surface area contributed by atoms with Crippen LogP contribution in [-0.2, 0) is 5.60 Å². The van der Waals surface area contributed by atoms with Crippen LogP contribution in [-0.4, -0.2) is 5.11 Å². The largest absolute Gasteiger partial charge is 0.384 e. The Labute approximate surface area is 107 Å². The molecule has 0 aliphatic heterocycles. The van der Waals surface area contributed by atoms with E-state index in [0.29, 0.717) is 4.47 Å². The lowest BCUT2D eigenvalue weighted by Crippen LogP contribution is -2.15. The van der Waals surface area contributed by atoms with E-state index in [1.54, 1.807) is 0 Å². The lowest BCUT2D eigenvalue weighted by atomic mass is 10.0. The predicted octanol–water partition coefficient (Wildman–Crippen LogP) is 3.73. The minimum atomic E-state index is -1.26. The highest BCUT2D eigenvalue weighted by Gasteiger charge is 2.66. The average molecular weight is 303 g/mol. The van der Waals surface area contributed by atoms with Crippen LogP contribution in [0.3, 0.4) is 0 Å². The summed E-state index contributed by atoms with van der Waals surface area (Å²) in [4.78, 5) is 0. The van der Waals surface area contributed by atoms with Gasteiger partial charge in [-0.05, 0) is 36.8 Å². The third kappa shape index (κ3) is 1.57. The Morgan fingerprint density at radius 1 is 1.12 bits per heavy atom. The maximum Gasteiger partial charge on any atom is 0.133 e. The second-order valence-electron chi connectivity index (χ2n) is 5.07. The normalized spacial score (nSPS) is 35.5. The van der Waals surface area contributed by atoms with Crippen LogP contribution >= 0.6 is 15.9 Å². The lowest BCUT2D eigenvalue weighted by Gasteiger charge is -2.13. The van der Waals surface area contributed by atoms with Gasteiger partial charge in [-0.3, -0.25) is 0 Å². The maximum atomic E-state index is 13.9. The molecule has 92 valence electrons. The van der Waals surface area contributed by atoms with E-state index in [4.69, 9.17) is 0 Å². The van der Waals surface area contributed by atoms with E-state index < -0.39 is 17.2 Å². The minimum Gasteiger partial charge on any atom is -0.384 e. The molecule has 0 radical (unpaired) electrons. The summed E-state index contributed by atoms with van der Waals surface area (Å²) < 4.78 is 28.1. The Morgan fingerprint density at radius 3 is 2.06 bits per heavy atom. The Morgan fingerprint density at radius 2 is 1.59 bits per heavy atom. The van der Waals surface area contributed by atoms with Gasteiger partial charge in [0.2, 0.25) is 0 Å². The molecule has 0 aromatic heterocycles. The van der Waals surface area contributed by atoms with Crippen LogP contribution in [0.15, 0.2) is 16.6 Å². The SMILES string of the molecule is OC1(c2c(F)cc(Br)cc2F)C2CCCCC21. The molecule has 0 bridgehead atoms. The highest BCUT2D eigenvalue weighted by molar-refractivity contribution is 9.10. The zero-order valence-electron chi connectivity index (χ0n) is 9.22. The highest BCUT2D eigenvalue weighted by atomic mass is 79.9. The molecule has 0 heterocycles. The summed E-state index contributed by atoms with van der Waals surface area (Å²) in [6, 6.07) is 2.45. The third-order valence-corrected chi connectivity index (χ3v) is 4.65. The number of rotatable bonds is 1. The number of fused-ring (bicyclic) bond motifs is 1. The van der Waals surface area contributed by atoms with Gasteiger partial charge >= 0.3 is 0 Å². The van der Waals surface area contributed by atoms with E-state index in [2.05, 4.69) is 15.9 Å². The van der Waals surface area contributed by atoms with Crippen LogP contribution in [0.25, 0.3) is 0 Å². The Hall–Kier alpha value is -0.480. The molecule has 2 aliphatic carbocycles. The van der Waals surface area contributed by atoms with Crippen LogP contribution in [0.5, 0.6) is 0 Å². The molecule has 17 heavy (non-hydrogen) atoms. The van der Waals surface area contributed by atoms with Crippen molar-refractivity contribution in [1.29, 1.82) is 0 Å². The first-order valence-corrected chi connectivity index (χ1v) is 6.72. The summed E-state index contributed by atoms with van der Waals surface area (Å²) in [7, 11) is 0. The number of hydrogen-bond acceptors (Lipinski definition) is 1. The first kappa shape index (κ1) is 11.6. The van der Waals surface area contributed by atoms with Gasteiger partial charge in [0.15, 0.2) is 0 Å². The van der Waals surface area contributed by atoms with Gasteiger partial charge in [-0.25, -0.2) is 8.78 Å². The van der Waals surface area contributed by atoms with Crippen LogP contribution < -0.4 is 0 Å². The Kier molecular flexibility index (Phi) is 2.56. The van der Waals surface area contributed by atoms with Crippen molar-refractivity contribution in [3.63, 3.8) is 0 Å². The molecule has 4 heteroatoms. The molecule has 2 fully saturated rings. The summed E-state index contributed by atoms with van der Waals surface area (Å²) in [5.74, 6) is -1.20. The van der Waals surface area contributed by atoms with Crippen molar-refractivity contribution in [3.05, 3.63) is 33.8 Å². The fraction of sp³-hybridized carbons (Fsp3) is 0.538. The molecule has 2 aliphatic rings. The monoisotopic (exact) mass is 302 g/mol.